The molecule has 138 valence electrons. The lowest BCUT2D eigenvalue weighted by Crippen LogP contribution is -1.99. The molecular formula is C18H16N4O4S. The smallest absolute Gasteiger partial charge is 0.348 e. The van der Waals surface area contributed by atoms with Gasteiger partial charge in [0.1, 0.15) is 34.1 Å². The van der Waals surface area contributed by atoms with Gasteiger partial charge >= 0.3 is 5.97 Å². The van der Waals surface area contributed by atoms with Crippen LogP contribution in [-0.4, -0.2) is 39.8 Å². The molecule has 0 aliphatic heterocycles. The molecule has 0 unspecified atom stereocenters. The molecule has 0 radical (unpaired) electrons. The molecule has 4 aromatic rings. The third-order valence-electron chi connectivity index (χ3n) is 4.09. The van der Waals surface area contributed by atoms with E-state index in [0.717, 1.165) is 10.9 Å². The highest BCUT2D eigenvalue weighted by atomic mass is 32.1. The van der Waals surface area contributed by atoms with Gasteiger partial charge < -0.3 is 14.2 Å². The average molecular weight is 384 g/mol. The fraction of sp³-hybridized carbons (Fsp3) is 0.222. The fourth-order valence-corrected chi connectivity index (χ4v) is 3.83. The van der Waals surface area contributed by atoms with Crippen molar-refractivity contribution >= 4 is 33.2 Å². The molecule has 0 aliphatic carbocycles. The minimum absolute atomic E-state index is 0.198. The number of carbonyl (C=O) groups excluding carboxylic acids is 1. The van der Waals surface area contributed by atoms with Gasteiger partial charge in [0.25, 0.3) is 0 Å². The standard InChI is InChI=1S/C18H16N4O4S/c1-10-14-16-20-13(8-26-12-6-4-5-11(7-12)24-2)21-22(16)9-19-17(14)27-15(10)18(23)25-3/h4-7,9H,8H2,1-3H3. The SMILES string of the molecule is COC(=O)c1sc2ncn3nc(COc4cccc(OC)c4)nc3c2c1C. The van der Waals surface area contributed by atoms with Gasteiger partial charge in [-0.1, -0.05) is 6.07 Å². The van der Waals surface area contributed by atoms with Crippen LogP contribution in [0.5, 0.6) is 11.5 Å². The van der Waals surface area contributed by atoms with Crippen LogP contribution in [0.15, 0.2) is 30.6 Å². The van der Waals surface area contributed by atoms with Gasteiger partial charge in [0.15, 0.2) is 11.5 Å². The van der Waals surface area contributed by atoms with E-state index < -0.39 is 0 Å². The first-order valence-corrected chi connectivity index (χ1v) is 8.91. The molecule has 8 nitrogen and oxygen atoms in total. The molecule has 0 amide bonds. The van der Waals surface area contributed by atoms with Crippen LogP contribution in [-0.2, 0) is 11.3 Å². The highest BCUT2D eigenvalue weighted by molar-refractivity contribution is 7.20. The second-order valence-corrected chi connectivity index (χ2v) is 6.74. The molecule has 0 spiro atoms. The van der Waals surface area contributed by atoms with Crippen molar-refractivity contribution in [1.82, 2.24) is 19.6 Å². The number of methoxy groups -OCH3 is 2. The highest BCUT2D eigenvalue weighted by Gasteiger charge is 2.20. The van der Waals surface area contributed by atoms with Crippen LogP contribution in [0.25, 0.3) is 15.9 Å². The van der Waals surface area contributed by atoms with Crippen LogP contribution in [0, 0.1) is 6.92 Å². The van der Waals surface area contributed by atoms with E-state index in [-0.39, 0.29) is 12.6 Å². The normalized spacial score (nSPS) is 11.1. The number of aryl methyl sites for hydroxylation is 1. The van der Waals surface area contributed by atoms with Gasteiger partial charge in [-0.25, -0.2) is 19.3 Å². The molecule has 3 heterocycles. The predicted molar refractivity (Wildman–Crippen MR) is 99.6 cm³/mol. The predicted octanol–water partition coefficient (Wildman–Crippen LogP) is 3.02. The Morgan fingerprint density at radius 2 is 2.07 bits per heavy atom. The van der Waals surface area contributed by atoms with Crippen molar-refractivity contribution in [3.63, 3.8) is 0 Å². The second-order valence-electron chi connectivity index (χ2n) is 5.74. The summed E-state index contributed by atoms with van der Waals surface area (Å²) in [5, 5.41) is 5.21. The number of benzene rings is 1. The first-order valence-electron chi connectivity index (χ1n) is 8.09. The number of nitrogens with zero attached hydrogens (tertiary/aromatic N) is 4. The number of carbonyl (C=O) groups is 1. The molecule has 0 saturated heterocycles. The number of fused-ring (bicyclic) bond motifs is 3. The number of aromatic nitrogens is 4. The van der Waals surface area contributed by atoms with Crippen LogP contribution < -0.4 is 9.47 Å². The summed E-state index contributed by atoms with van der Waals surface area (Å²) in [6.07, 6.45) is 1.58. The van der Waals surface area contributed by atoms with E-state index in [4.69, 9.17) is 14.2 Å². The Morgan fingerprint density at radius 3 is 2.85 bits per heavy atom. The van der Waals surface area contributed by atoms with Crippen LogP contribution in [0.2, 0.25) is 0 Å². The average Bonchev–Trinajstić information content (AvgIpc) is 3.26. The number of ether oxygens (including phenoxy) is 3. The summed E-state index contributed by atoms with van der Waals surface area (Å²) < 4.78 is 17.4. The molecule has 0 bridgehead atoms. The number of rotatable bonds is 5. The monoisotopic (exact) mass is 384 g/mol. The van der Waals surface area contributed by atoms with E-state index in [1.165, 1.54) is 18.4 Å². The van der Waals surface area contributed by atoms with Gasteiger partial charge in [-0.3, -0.25) is 0 Å². The summed E-state index contributed by atoms with van der Waals surface area (Å²) in [7, 11) is 2.97. The van der Waals surface area contributed by atoms with Crippen molar-refractivity contribution in [2.24, 2.45) is 0 Å². The van der Waals surface area contributed by atoms with E-state index in [1.54, 1.807) is 24.0 Å². The lowest BCUT2D eigenvalue weighted by Gasteiger charge is -2.05. The summed E-state index contributed by atoms with van der Waals surface area (Å²) in [6, 6.07) is 7.32. The Kier molecular flexibility index (Phi) is 4.36. The minimum Gasteiger partial charge on any atom is -0.497 e. The largest absolute Gasteiger partial charge is 0.497 e. The summed E-state index contributed by atoms with van der Waals surface area (Å²) >= 11 is 1.28. The molecule has 0 N–H and O–H groups in total. The topological polar surface area (TPSA) is 87.8 Å². The van der Waals surface area contributed by atoms with E-state index in [2.05, 4.69) is 15.1 Å². The Bertz CT molecular complexity index is 1150. The van der Waals surface area contributed by atoms with Gasteiger partial charge in [-0.15, -0.1) is 16.4 Å². The van der Waals surface area contributed by atoms with Crippen molar-refractivity contribution in [2.45, 2.75) is 13.5 Å². The Morgan fingerprint density at radius 1 is 1.26 bits per heavy atom. The van der Waals surface area contributed by atoms with Gasteiger partial charge in [-0.05, 0) is 24.6 Å². The van der Waals surface area contributed by atoms with Gasteiger partial charge in [0.05, 0.1) is 19.6 Å². The summed E-state index contributed by atoms with van der Waals surface area (Å²) in [5.41, 5.74) is 1.42. The minimum atomic E-state index is -0.380. The van der Waals surface area contributed by atoms with Crippen LogP contribution in [0.4, 0.5) is 0 Å². The summed E-state index contributed by atoms with van der Waals surface area (Å²) in [5.74, 6) is 1.51. The Balaban J connectivity index is 1.68. The lowest BCUT2D eigenvalue weighted by molar-refractivity contribution is 0.0605. The van der Waals surface area contributed by atoms with Gasteiger partial charge in [-0.2, -0.15) is 0 Å². The van der Waals surface area contributed by atoms with E-state index >= 15 is 0 Å². The number of esters is 1. The van der Waals surface area contributed by atoms with Gasteiger partial charge in [0.2, 0.25) is 0 Å². The first-order chi connectivity index (χ1) is 13.1. The third kappa shape index (κ3) is 3.06. The number of hydrogen-bond acceptors (Lipinski definition) is 8. The Labute approximate surface area is 158 Å². The number of thiophene rings is 1. The molecular weight excluding hydrogens is 368 g/mol. The van der Waals surface area contributed by atoms with Crippen LogP contribution in [0.3, 0.4) is 0 Å². The molecule has 27 heavy (non-hydrogen) atoms. The van der Waals surface area contributed by atoms with Crippen molar-refractivity contribution in [1.29, 1.82) is 0 Å². The number of hydrogen-bond donors (Lipinski definition) is 0. The molecule has 1 aromatic carbocycles. The maximum atomic E-state index is 11.9. The zero-order chi connectivity index (χ0) is 19.0. The van der Waals surface area contributed by atoms with Crippen molar-refractivity contribution < 1.29 is 19.0 Å². The molecule has 0 aliphatic rings. The summed E-state index contributed by atoms with van der Waals surface area (Å²) in [6.45, 7) is 2.05. The summed E-state index contributed by atoms with van der Waals surface area (Å²) in [4.78, 5) is 22.1. The maximum Gasteiger partial charge on any atom is 0.348 e. The van der Waals surface area contributed by atoms with E-state index in [0.29, 0.717) is 32.7 Å². The molecule has 9 heteroatoms. The lowest BCUT2D eigenvalue weighted by atomic mass is 10.2. The van der Waals surface area contributed by atoms with Crippen LogP contribution >= 0.6 is 11.3 Å². The molecule has 4 rings (SSSR count). The Hall–Kier alpha value is -3.20. The highest BCUT2D eigenvalue weighted by Crippen LogP contribution is 2.32. The van der Waals surface area contributed by atoms with Crippen molar-refractivity contribution in [3.8, 4) is 11.5 Å². The van der Waals surface area contributed by atoms with Crippen molar-refractivity contribution in [2.75, 3.05) is 14.2 Å². The third-order valence-corrected chi connectivity index (χ3v) is 5.27. The first kappa shape index (κ1) is 17.2. The van der Waals surface area contributed by atoms with Crippen LogP contribution in [0.1, 0.15) is 21.1 Å². The fourth-order valence-electron chi connectivity index (χ4n) is 2.77. The second kappa shape index (κ2) is 6.84. The zero-order valence-electron chi connectivity index (χ0n) is 14.9. The van der Waals surface area contributed by atoms with Gasteiger partial charge in [0, 0.05) is 6.07 Å². The molecule has 0 saturated carbocycles. The molecule has 0 fully saturated rings. The van der Waals surface area contributed by atoms with Crippen molar-refractivity contribution in [3.05, 3.63) is 46.9 Å². The quantitative estimate of drug-likeness (QED) is 0.489. The maximum absolute atomic E-state index is 11.9. The zero-order valence-corrected chi connectivity index (χ0v) is 15.7. The van der Waals surface area contributed by atoms with E-state index in [9.17, 15) is 4.79 Å². The van der Waals surface area contributed by atoms with E-state index in [1.807, 2.05) is 25.1 Å². The molecule has 3 aromatic heterocycles. The molecule has 0 atom stereocenters.